The molecule has 1 saturated carbocycles. The Bertz CT molecular complexity index is 89.1. The zero-order valence-electron chi connectivity index (χ0n) is 5.75. The van der Waals surface area contributed by atoms with Crippen LogP contribution < -0.4 is 5.84 Å². The summed E-state index contributed by atoms with van der Waals surface area (Å²) in [5, 5.41) is 10.5. The van der Waals surface area contributed by atoms with E-state index in [1.807, 2.05) is 7.05 Å². The Balaban J connectivity index is 2.04. The number of nitrogens with zero attached hydrogens (tertiary/aromatic N) is 1. The molecule has 0 amide bonds. The predicted octanol–water partition coefficient (Wildman–Crippen LogP) is -0.437. The molecule has 0 aromatic rings. The number of rotatable bonds is 2. The van der Waals surface area contributed by atoms with Crippen molar-refractivity contribution in [1.82, 2.24) is 5.01 Å². The van der Waals surface area contributed by atoms with Gasteiger partial charge in [0.1, 0.15) is 0 Å². The van der Waals surface area contributed by atoms with Crippen molar-refractivity contribution in [1.29, 1.82) is 0 Å². The van der Waals surface area contributed by atoms with Crippen LogP contribution in [0.15, 0.2) is 0 Å². The minimum absolute atomic E-state index is 0.0463. The molecule has 3 N–H and O–H groups in total. The maximum absolute atomic E-state index is 8.87. The largest absolute Gasteiger partial charge is 0.393 e. The summed E-state index contributed by atoms with van der Waals surface area (Å²) in [5.41, 5.74) is 0. The molecule has 0 bridgehead atoms. The van der Waals surface area contributed by atoms with Crippen LogP contribution in [0.4, 0.5) is 0 Å². The lowest BCUT2D eigenvalue weighted by Gasteiger charge is -2.32. The number of nitrogens with two attached hydrogens (primary N) is 1. The molecule has 1 rings (SSSR count). The Morgan fingerprint density at radius 1 is 1.67 bits per heavy atom. The molecule has 0 radical (unpaired) electrons. The number of aliphatic hydroxyl groups excluding tert-OH is 1. The summed E-state index contributed by atoms with van der Waals surface area (Å²) in [4.78, 5) is 0. The van der Waals surface area contributed by atoms with E-state index in [0.29, 0.717) is 5.92 Å². The lowest BCUT2D eigenvalue weighted by molar-refractivity contribution is 0.0284. The minimum atomic E-state index is -0.0463. The van der Waals surface area contributed by atoms with Gasteiger partial charge in [-0.3, -0.25) is 5.84 Å². The topological polar surface area (TPSA) is 49.5 Å². The van der Waals surface area contributed by atoms with Crippen molar-refractivity contribution in [2.75, 3.05) is 13.6 Å². The van der Waals surface area contributed by atoms with E-state index in [4.69, 9.17) is 10.9 Å². The summed E-state index contributed by atoms with van der Waals surface area (Å²) in [7, 11) is 1.85. The van der Waals surface area contributed by atoms with Gasteiger partial charge in [0, 0.05) is 13.6 Å². The van der Waals surface area contributed by atoms with Crippen molar-refractivity contribution in [2.24, 2.45) is 11.8 Å². The smallest absolute Gasteiger partial charge is 0.0546 e. The molecule has 1 aliphatic carbocycles. The first-order valence-corrected chi connectivity index (χ1v) is 3.32. The molecule has 0 aliphatic heterocycles. The summed E-state index contributed by atoms with van der Waals surface area (Å²) in [6.07, 6.45) is 1.82. The summed E-state index contributed by atoms with van der Waals surface area (Å²) in [5.74, 6) is 6.03. The van der Waals surface area contributed by atoms with Crippen molar-refractivity contribution in [2.45, 2.75) is 18.9 Å². The monoisotopic (exact) mass is 130 g/mol. The van der Waals surface area contributed by atoms with Crippen molar-refractivity contribution in [3.8, 4) is 0 Å². The van der Waals surface area contributed by atoms with Gasteiger partial charge in [-0.15, -0.1) is 0 Å². The third-order valence-electron chi connectivity index (χ3n) is 1.76. The molecule has 0 heterocycles. The number of hydrazine groups is 1. The maximum Gasteiger partial charge on any atom is 0.0546 e. The quantitative estimate of drug-likeness (QED) is 0.393. The molecule has 1 aliphatic rings. The van der Waals surface area contributed by atoms with Crippen molar-refractivity contribution in [3.05, 3.63) is 0 Å². The van der Waals surface area contributed by atoms with Gasteiger partial charge in [0.2, 0.25) is 0 Å². The zero-order chi connectivity index (χ0) is 6.85. The van der Waals surface area contributed by atoms with Crippen LogP contribution in [0.1, 0.15) is 12.8 Å². The van der Waals surface area contributed by atoms with Gasteiger partial charge in [-0.05, 0) is 18.8 Å². The van der Waals surface area contributed by atoms with E-state index in [2.05, 4.69) is 0 Å². The minimum Gasteiger partial charge on any atom is -0.393 e. The Labute approximate surface area is 55.4 Å². The summed E-state index contributed by atoms with van der Waals surface area (Å²) >= 11 is 0. The Hall–Kier alpha value is -0.120. The standard InChI is InChI=1S/C6H14N2O/c1-8(7)4-5-2-6(9)3-5/h5-6,9H,2-4,7H2,1H3. The highest BCUT2D eigenvalue weighted by Gasteiger charge is 2.27. The second-order valence-corrected chi connectivity index (χ2v) is 2.93. The molecule has 0 aromatic carbocycles. The summed E-state index contributed by atoms with van der Waals surface area (Å²) in [6, 6.07) is 0. The molecule has 0 spiro atoms. The molecule has 0 unspecified atom stereocenters. The third-order valence-corrected chi connectivity index (χ3v) is 1.76. The van der Waals surface area contributed by atoms with Gasteiger partial charge >= 0.3 is 0 Å². The highest BCUT2D eigenvalue weighted by molar-refractivity contribution is 4.79. The van der Waals surface area contributed by atoms with E-state index in [-0.39, 0.29) is 6.10 Å². The fraction of sp³-hybridized carbons (Fsp3) is 1.00. The van der Waals surface area contributed by atoms with E-state index in [1.54, 1.807) is 5.01 Å². The first-order valence-electron chi connectivity index (χ1n) is 3.32. The first kappa shape index (κ1) is 6.99. The van der Waals surface area contributed by atoms with E-state index < -0.39 is 0 Å². The highest BCUT2D eigenvalue weighted by atomic mass is 16.3. The molecule has 3 nitrogen and oxygen atoms in total. The summed E-state index contributed by atoms with van der Waals surface area (Å²) in [6.45, 7) is 0.914. The van der Waals surface area contributed by atoms with Crippen LogP contribution in [0.2, 0.25) is 0 Å². The lowest BCUT2D eigenvalue weighted by atomic mass is 9.82. The molecule has 0 aromatic heterocycles. The Kier molecular flexibility index (Phi) is 2.05. The first-order chi connectivity index (χ1) is 4.18. The average molecular weight is 130 g/mol. The van der Waals surface area contributed by atoms with E-state index >= 15 is 0 Å². The van der Waals surface area contributed by atoms with Gasteiger partial charge in [0.25, 0.3) is 0 Å². The van der Waals surface area contributed by atoms with Gasteiger partial charge in [-0.2, -0.15) is 0 Å². The number of hydrogen-bond donors (Lipinski definition) is 2. The van der Waals surface area contributed by atoms with Crippen LogP contribution in [0.5, 0.6) is 0 Å². The molecule has 1 fully saturated rings. The summed E-state index contributed by atoms with van der Waals surface area (Å²) < 4.78 is 0. The normalized spacial score (nSPS) is 34.7. The fourth-order valence-corrected chi connectivity index (χ4v) is 1.26. The van der Waals surface area contributed by atoms with Crippen LogP contribution in [-0.4, -0.2) is 29.8 Å². The maximum atomic E-state index is 8.87. The van der Waals surface area contributed by atoms with Crippen molar-refractivity contribution >= 4 is 0 Å². The van der Waals surface area contributed by atoms with Gasteiger partial charge in [0.05, 0.1) is 6.10 Å². The van der Waals surface area contributed by atoms with Gasteiger partial charge in [0.15, 0.2) is 0 Å². The molecule has 3 heteroatoms. The SMILES string of the molecule is CN(N)CC1CC(O)C1. The van der Waals surface area contributed by atoms with Crippen molar-refractivity contribution < 1.29 is 5.11 Å². The van der Waals surface area contributed by atoms with Crippen LogP contribution in [0.25, 0.3) is 0 Å². The number of aliphatic hydroxyl groups is 1. The Morgan fingerprint density at radius 3 is 2.56 bits per heavy atom. The van der Waals surface area contributed by atoms with Gasteiger partial charge < -0.3 is 5.11 Å². The fourth-order valence-electron chi connectivity index (χ4n) is 1.26. The third kappa shape index (κ3) is 1.93. The second kappa shape index (κ2) is 2.64. The Morgan fingerprint density at radius 2 is 2.22 bits per heavy atom. The average Bonchev–Trinajstić information content (AvgIpc) is 1.60. The molecule has 9 heavy (non-hydrogen) atoms. The van der Waals surface area contributed by atoms with Gasteiger partial charge in [-0.1, -0.05) is 0 Å². The van der Waals surface area contributed by atoms with Crippen LogP contribution in [0, 0.1) is 5.92 Å². The van der Waals surface area contributed by atoms with Crippen LogP contribution in [-0.2, 0) is 0 Å². The van der Waals surface area contributed by atoms with Crippen LogP contribution in [0.3, 0.4) is 0 Å². The highest BCUT2D eigenvalue weighted by Crippen LogP contribution is 2.26. The molecule has 54 valence electrons. The van der Waals surface area contributed by atoms with E-state index in [9.17, 15) is 0 Å². The lowest BCUT2D eigenvalue weighted by Crippen LogP contribution is -2.39. The molecular formula is C6H14N2O. The molecule has 0 saturated heterocycles. The predicted molar refractivity (Wildman–Crippen MR) is 35.5 cm³/mol. The zero-order valence-corrected chi connectivity index (χ0v) is 5.75. The second-order valence-electron chi connectivity index (χ2n) is 2.93. The van der Waals surface area contributed by atoms with E-state index in [0.717, 1.165) is 19.4 Å². The van der Waals surface area contributed by atoms with Gasteiger partial charge in [-0.25, -0.2) is 5.01 Å². The van der Waals surface area contributed by atoms with Crippen LogP contribution >= 0.6 is 0 Å². The molecular weight excluding hydrogens is 116 g/mol. The van der Waals surface area contributed by atoms with Crippen molar-refractivity contribution in [3.63, 3.8) is 0 Å². The number of hydrogen-bond acceptors (Lipinski definition) is 3. The van der Waals surface area contributed by atoms with E-state index in [1.165, 1.54) is 0 Å². The molecule has 0 atom stereocenters.